The maximum atomic E-state index is 12.9. The number of aliphatic carboxylic acids is 1. The van der Waals surface area contributed by atoms with E-state index in [9.17, 15) is 19.2 Å². The maximum absolute atomic E-state index is 12.9. The van der Waals surface area contributed by atoms with Gasteiger partial charge in [-0.2, -0.15) is 0 Å². The molecule has 1 fully saturated rings. The van der Waals surface area contributed by atoms with Gasteiger partial charge in [0.2, 0.25) is 11.8 Å². The molecule has 3 amide bonds. The number of hydrogen-bond acceptors (Lipinski definition) is 10. The summed E-state index contributed by atoms with van der Waals surface area (Å²) in [6.07, 6.45) is 2.12. The number of amides is 3. The zero-order chi connectivity index (χ0) is 30.0. The van der Waals surface area contributed by atoms with Crippen molar-refractivity contribution in [3.63, 3.8) is 0 Å². The fourth-order valence-corrected chi connectivity index (χ4v) is 4.61. The molecule has 1 atom stereocenters. The number of carboxylic acid groups (broad SMARTS) is 1. The fraction of sp³-hybridized carbons (Fsp3) is 0.655. The molecule has 2 heterocycles. The van der Waals surface area contributed by atoms with Crippen LogP contribution in [0.1, 0.15) is 47.2 Å². The van der Waals surface area contributed by atoms with Crippen LogP contribution in [0.5, 0.6) is 0 Å². The molecule has 42 heavy (non-hydrogen) atoms. The second kappa shape index (κ2) is 19.3. The monoisotopic (exact) mass is 594 g/mol. The van der Waals surface area contributed by atoms with Crippen molar-refractivity contribution in [3.8, 4) is 0 Å². The molecule has 2 N–H and O–H groups in total. The van der Waals surface area contributed by atoms with E-state index in [1.54, 1.807) is 11.0 Å². The number of benzene rings is 1. The maximum Gasteiger partial charge on any atom is 0.305 e. The smallest absolute Gasteiger partial charge is 0.305 e. The number of rotatable bonds is 23. The molecule has 13 heteroatoms. The van der Waals surface area contributed by atoms with E-state index in [4.69, 9.17) is 33.5 Å². The summed E-state index contributed by atoms with van der Waals surface area (Å²) in [4.78, 5) is 48.6. The molecule has 0 spiro atoms. The summed E-state index contributed by atoms with van der Waals surface area (Å²) >= 11 is 0. The van der Waals surface area contributed by atoms with E-state index >= 15 is 0 Å². The molecule has 0 aliphatic carbocycles. The molecule has 3 rings (SSSR count). The number of carbonyl (C=O) groups is 4. The number of fused-ring (bicyclic) bond motifs is 1. The van der Waals surface area contributed by atoms with E-state index in [1.807, 2.05) is 12.1 Å². The molecule has 1 unspecified atom stereocenters. The topological polar surface area (TPSA) is 159 Å². The van der Waals surface area contributed by atoms with Crippen molar-refractivity contribution in [2.24, 2.45) is 0 Å². The molecule has 0 saturated carbocycles. The number of nitrogens with zero attached hydrogens (tertiary/aromatic N) is 1. The SMILES string of the molecule is O=C(O)CCOCCOCCOCCOCCOCCOCCCc1cccc2c1CN(C1CCC(=O)NC1=O)C2=O. The number of nitrogens with one attached hydrogen (secondary N) is 1. The first-order valence-corrected chi connectivity index (χ1v) is 14.4. The van der Waals surface area contributed by atoms with Gasteiger partial charge in [-0.15, -0.1) is 0 Å². The van der Waals surface area contributed by atoms with Crippen LogP contribution in [-0.4, -0.2) is 119 Å². The Kier molecular flexibility index (Phi) is 15.4. The number of piperidine rings is 1. The Morgan fingerprint density at radius 2 is 1.36 bits per heavy atom. The molecular weight excluding hydrogens is 552 g/mol. The van der Waals surface area contributed by atoms with Crippen molar-refractivity contribution < 1.29 is 52.7 Å². The Balaban J connectivity index is 1.13. The van der Waals surface area contributed by atoms with Crippen LogP contribution in [0.4, 0.5) is 0 Å². The van der Waals surface area contributed by atoms with Crippen LogP contribution in [-0.2, 0) is 55.8 Å². The van der Waals surface area contributed by atoms with E-state index in [1.165, 1.54) is 0 Å². The average Bonchev–Trinajstić information content (AvgIpc) is 3.30. The fourth-order valence-electron chi connectivity index (χ4n) is 4.61. The van der Waals surface area contributed by atoms with Crippen LogP contribution in [0, 0.1) is 0 Å². The molecule has 0 radical (unpaired) electrons. The van der Waals surface area contributed by atoms with E-state index in [0.717, 1.165) is 24.0 Å². The molecule has 2 aliphatic rings. The van der Waals surface area contributed by atoms with Crippen LogP contribution in [0.15, 0.2) is 18.2 Å². The van der Waals surface area contributed by atoms with Gasteiger partial charge in [0.05, 0.1) is 79.1 Å². The first-order valence-electron chi connectivity index (χ1n) is 14.4. The molecule has 2 aliphatic heterocycles. The largest absolute Gasteiger partial charge is 0.481 e. The number of aryl methyl sites for hydroxylation is 1. The number of carboxylic acids is 1. The van der Waals surface area contributed by atoms with Crippen molar-refractivity contribution in [1.82, 2.24) is 10.2 Å². The summed E-state index contributed by atoms with van der Waals surface area (Å²) < 4.78 is 32.5. The van der Waals surface area contributed by atoms with Gasteiger partial charge in [0.1, 0.15) is 6.04 Å². The minimum Gasteiger partial charge on any atom is -0.481 e. The molecule has 13 nitrogen and oxygen atoms in total. The summed E-state index contributed by atoms with van der Waals surface area (Å²) in [6.45, 7) is 5.52. The Bertz CT molecular complexity index is 1020. The second-order valence-corrected chi connectivity index (χ2v) is 9.76. The highest BCUT2D eigenvalue weighted by atomic mass is 16.6. The highest BCUT2D eigenvalue weighted by Gasteiger charge is 2.39. The summed E-state index contributed by atoms with van der Waals surface area (Å²) in [5.74, 6) is -1.74. The molecule has 1 saturated heterocycles. The van der Waals surface area contributed by atoms with Gasteiger partial charge in [-0.25, -0.2) is 0 Å². The summed E-state index contributed by atoms with van der Waals surface area (Å²) in [5, 5.41) is 10.8. The third-order valence-electron chi connectivity index (χ3n) is 6.73. The molecule has 1 aromatic rings. The van der Waals surface area contributed by atoms with Crippen molar-refractivity contribution in [2.75, 3.05) is 79.3 Å². The van der Waals surface area contributed by atoms with Gasteiger partial charge in [-0.05, 0) is 36.5 Å². The lowest BCUT2D eigenvalue weighted by Gasteiger charge is -2.29. The van der Waals surface area contributed by atoms with Gasteiger partial charge >= 0.3 is 5.97 Å². The van der Waals surface area contributed by atoms with Gasteiger partial charge in [0, 0.05) is 25.1 Å². The zero-order valence-electron chi connectivity index (χ0n) is 24.0. The molecule has 0 bridgehead atoms. The average molecular weight is 595 g/mol. The van der Waals surface area contributed by atoms with Gasteiger partial charge < -0.3 is 38.4 Å². The van der Waals surface area contributed by atoms with E-state index in [-0.39, 0.29) is 31.3 Å². The highest BCUT2D eigenvalue weighted by molar-refractivity contribution is 6.05. The van der Waals surface area contributed by atoms with Crippen LogP contribution < -0.4 is 5.32 Å². The van der Waals surface area contributed by atoms with Crippen LogP contribution in [0.25, 0.3) is 0 Å². The lowest BCUT2D eigenvalue weighted by Crippen LogP contribution is -2.52. The van der Waals surface area contributed by atoms with Crippen LogP contribution in [0.2, 0.25) is 0 Å². The van der Waals surface area contributed by atoms with Crippen molar-refractivity contribution in [1.29, 1.82) is 0 Å². The van der Waals surface area contributed by atoms with E-state index in [0.29, 0.717) is 91.2 Å². The lowest BCUT2D eigenvalue weighted by atomic mass is 10.00. The Morgan fingerprint density at radius 3 is 1.90 bits per heavy atom. The van der Waals surface area contributed by atoms with Crippen LogP contribution >= 0.6 is 0 Å². The van der Waals surface area contributed by atoms with Gasteiger partial charge in [0.15, 0.2) is 0 Å². The Morgan fingerprint density at radius 1 is 0.810 bits per heavy atom. The second-order valence-electron chi connectivity index (χ2n) is 9.76. The minimum atomic E-state index is -0.882. The van der Waals surface area contributed by atoms with Gasteiger partial charge in [-0.3, -0.25) is 24.5 Å². The Labute approximate surface area is 245 Å². The number of hydrogen-bond donors (Lipinski definition) is 2. The van der Waals surface area contributed by atoms with Gasteiger partial charge in [0.25, 0.3) is 5.91 Å². The summed E-state index contributed by atoms with van der Waals surface area (Å²) in [5.41, 5.74) is 2.65. The van der Waals surface area contributed by atoms with E-state index in [2.05, 4.69) is 5.32 Å². The normalized spacial score (nSPS) is 16.6. The highest BCUT2D eigenvalue weighted by Crippen LogP contribution is 2.30. The van der Waals surface area contributed by atoms with Crippen molar-refractivity contribution in [2.45, 2.75) is 44.7 Å². The predicted molar refractivity (Wildman–Crippen MR) is 148 cm³/mol. The lowest BCUT2D eigenvalue weighted by molar-refractivity contribution is -0.139. The Hall–Kier alpha value is -2.94. The van der Waals surface area contributed by atoms with Crippen molar-refractivity contribution >= 4 is 23.7 Å². The third-order valence-corrected chi connectivity index (χ3v) is 6.73. The first-order chi connectivity index (χ1) is 20.5. The standard InChI is InChI=1S/C29H42N2O11/c32-26-7-6-25(28(35)30-26)31-21-24-22(3-1-5-23(24)29(31)36)4-2-9-37-11-13-39-15-17-41-19-20-42-18-16-40-14-12-38-10-8-27(33)34/h1,3,5,25H,2,4,6-21H2,(H,33,34)(H,30,32,35). The third kappa shape index (κ3) is 11.7. The van der Waals surface area contributed by atoms with E-state index < -0.39 is 17.9 Å². The zero-order valence-corrected chi connectivity index (χ0v) is 24.0. The van der Waals surface area contributed by atoms with Crippen LogP contribution in [0.3, 0.4) is 0 Å². The van der Waals surface area contributed by atoms with Crippen molar-refractivity contribution in [3.05, 3.63) is 34.9 Å². The molecule has 1 aromatic carbocycles. The molecule has 0 aromatic heterocycles. The molecular formula is C29H42N2O11. The quantitative estimate of drug-likeness (QED) is 0.137. The summed E-state index contributed by atoms with van der Waals surface area (Å²) in [7, 11) is 0. The number of ether oxygens (including phenoxy) is 6. The number of carbonyl (C=O) groups excluding carboxylic acids is 3. The number of imide groups is 1. The first kappa shape index (κ1) is 33.6. The summed E-state index contributed by atoms with van der Waals surface area (Å²) in [6, 6.07) is 5.06. The van der Waals surface area contributed by atoms with Gasteiger partial charge in [-0.1, -0.05) is 12.1 Å². The molecule has 234 valence electrons. The predicted octanol–water partition coefficient (Wildman–Crippen LogP) is 0.955. The minimum absolute atomic E-state index is 0.0115.